The Balaban J connectivity index is 0.000000203. The first kappa shape index (κ1) is 30.6. The van der Waals surface area contributed by atoms with Gasteiger partial charge in [-0.05, 0) is 64.0 Å². The number of pyridine rings is 2. The van der Waals surface area contributed by atoms with Crippen LogP contribution in [0.2, 0.25) is 0 Å². The van der Waals surface area contributed by atoms with Crippen LogP contribution in [-0.2, 0) is 6.54 Å². The van der Waals surface area contributed by atoms with Gasteiger partial charge in [0.05, 0.1) is 28.3 Å². The van der Waals surface area contributed by atoms with E-state index in [1.165, 1.54) is 19.4 Å². The van der Waals surface area contributed by atoms with Crippen molar-refractivity contribution in [2.45, 2.75) is 64.8 Å². The summed E-state index contributed by atoms with van der Waals surface area (Å²) in [6.07, 6.45) is 13.9. The van der Waals surface area contributed by atoms with Crippen LogP contribution in [0, 0.1) is 0 Å². The van der Waals surface area contributed by atoms with Gasteiger partial charge in [-0.1, -0.05) is 50.6 Å². The number of fused-ring (bicyclic) bond motifs is 1. The lowest BCUT2D eigenvalue weighted by atomic mass is 10.1. The van der Waals surface area contributed by atoms with Crippen molar-refractivity contribution in [2.75, 3.05) is 13.6 Å². The summed E-state index contributed by atoms with van der Waals surface area (Å²) >= 11 is 7.69. The molecule has 5 rings (SSSR count). The predicted molar refractivity (Wildman–Crippen MR) is 163 cm³/mol. The summed E-state index contributed by atoms with van der Waals surface area (Å²) in [6, 6.07) is 12.4. The smallest absolute Gasteiger partial charge is 0.170 e. The summed E-state index contributed by atoms with van der Waals surface area (Å²) in [5, 5.41) is 8.80. The molecule has 0 radical (unpaired) electrons. The van der Waals surface area contributed by atoms with Crippen molar-refractivity contribution in [2.24, 2.45) is 0 Å². The van der Waals surface area contributed by atoms with Gasteiger partial charge in [0.25, 0.3) is 0 Å². The van der Waals surface area contributed by atoms with E-state index in [1.807, 2.05) is 93.4 Å². The lowest BCUT2D eigenvalue weighted by Crippen LogP contribution is -2.29. The second-order valence-corrected chi connectivity index (χ2v) is 11.1. The largest absolute Gasteiger partial charge is 0.302 e. The van der Waals surface area contributed by atoms with E-state index in [2.05, 4.69) is 33.3 Å². The molecule has 1 aliphatic heterocycles. The van der Waals surface area contributed by atoms with Gasteiger partial charge in [-0.15, -0.1) is 11.8 Å². The Morgan fingerprint density at radius 2 is 2.03 bits per heavy atom. The van der Waals surface area contributed by atoms with E-state index in [-0.39, 0.29) is 5.25 Å². The van der Waals surface area contributed by atoms with Crippen molar-refractivity contribution < 1.29 is 4.79 Å². The average Bonchev–Trinajstić information content (AvgIpc) is 3.69. The quantitative estimate of drug-likeness (QED) is 0.206. The van der Waals surface area contributed by atoms with Crippen LogP contribution in [-0.4, -0.2) is 55.2 Å². The highest BCUT2D eigenvalue weighted by atomic mass is 35.5. The molecule has 1 aliphatic rings. The van der Waals surface area contributed by atoms with Crippen molar-refractivity contribution in [3.8, 4) is 11.3 Å². The number of nitrogens with zero attached hydrogens (tertiary/aromatic N) is 6. The maximum atomic E-state index is 11.2. The summed E-state index contributed by atoms with van der Waals surface area (Å²) in [4.78, 5) is 17.9. The number of aromatic nitrogens is 5. The molecule has 2 atom stereocenters. The van der Waals surface area contributed by atoms with Gasteiger partial charge in [0.15, 0.2) is 6.29 Å². The Hall–Kier alpha value is -2.94. The minimum atomic E-state index is 0.0791. The van der Waals surface area contributed by atoms with Crippen LogP contribution >= 0.6 is 23.4 Å². The van der Waals surface area contributed by atoms with Crippen LogP contribution in [0.5, 0.6) is 0 Å². The highest BCUT2D eigenvalue weighted by molar-refractivity contribution is 8.04. The number of allylic oxidation sites excluding steroid dienone is 1. The normalized spacial score (nSPS) is 16.3. The minimum absolute atomic E-state index is 0.0791. The number of aldehydes is 1. The van der Waals surface area contributed by atoms with Crippen molar-refractivity contribution >= 4 is 35.2 Å². The number of hydrogen-bond acceptors (Lipinski definition) is 6. The molecule has 0 aromatic carbocycles. The third-order valence-corrected chi connectivity index (χ3v) is 7.84. The van der Waals surface area contributed by atoms with Gasteiger partial charge in [-0.25, -0.2) is 4.52 Å². The van der Waals surface area contributed by atoms with E-state index in [4.69, 9.17) is 11.6 Å². The fraction of sp³-hybridized carbons (Fsp3) is 0.400. The first-order valence-corrected chi connectivity index (χ1v) is 14.8. The van der Waals surface area contributed by atoms with Crippen LogP contribution in [0.4, 0.5) is 0 Å². The summed E-state index contributed by atoms with van der Waals surface area (Å²) < 4.78 is 4.52. The number of thioether (sulfide) groups is 1. The third-order valence-electron chi connectivity index (χ3n) is 6.44. The molecule has 0 bridgehead atoms. The van der Waals surface area contributed by atoms with Crippen molar-refractivity contribution in [1.82, 2.24) is 29.3 Å². The Bertz CT molecular complexity index is 1340. The number of hydrogen-bond donors (Lipinski definition) is 0. The monoisotopic (exact) mass is 566 g/mol. The second kappa shape index (κ2) is 15.6. The molecule has 1 unspecified atom stereocenters. The van der Waals surface area contributed by atoms with Crippen molar-refractivity contribution in [3.05, 3.63) is 82.9 Å². The van der Waals surface area contributed by atoms with E-state index >= 15 is 0 Å². The van der Waals surface area contributed by atoms with E-state index < -0.39 is 0 Å². The van der Waals surface area contributed by atoms with E-state index in [9.17, 15) is 4.79 Å². The third kappa shape index (κ3) is 8.27. The molecule has 0 aliphatic carbocycles. The molecular formula is C30H39ClN6OS. The zero-order chi connectivity index (χ0) is 28.2. The molecule has 7 nitrogen and oxygen atoms in total. The fourth-order valence-corrected chi connectivity index (χ4v) is 6.05. The Morgan fingerprint density at radius 1 is 1.23 bits per heavy atom. The summed E-state index contributed by atoms with van der Waals surface area (Å²) in [6.45, 7) is 10.3. The maximum Gasteiger partial charge on any atom is 0.170 e. The SMILES string of the molecule is CC.CC/C=C(/Cl)SC(C)c1c(C=O)nn2ccccc12.CN1CCC[C@H]1Cn1cc(-c2ccccn2)cn1. The van der Waals surface area contributed by atoms with Crippen LogP contribution in [0.15, 0.2) is 71.6 Å². The first-order valence-electron chi connectivity index (χ1n) is 13.6. The molecule has 5 heterocycles. The Labute approximate surface area is 241 Å². The molecule has 1 fully saturated rings. The van der Waals surface area contributed by atoms with Crippen LogP contribution in [0.1, 0.15) is 68.3 Å². The molecule has 1 saturated heterocycles. The summed E-state index contributed by atoms with van der Waals surface area (Å²) in [7, 11) is 2.20. The highest BCUT2D eigenvalue weighted by Crippen LogP contribution is 2.39. The number of halogens is 1. The van der Waals surface area contributed by atoms with Crippen molar-refractivity contribution in [1.29, 1.82) is 0 Å². The lowest BCUT2D eigenvalue weighted by Gasteiger charge is -2.18. The minimum Gasteiger partial charge on any atom is -0.302 e. The van der Waals surface area contributed by atoms with Gasteiger partial charge in [-0.2, -0.15) is 10.2 Å². The maximum absolute atomic E-state index is 11.2. The highest BCUT2D eigenvalue weighted by Gasteiger charge is 2.21. The Kier molecular flexibility index (Phi) is 12.2. The van der Waals surface area contributed by atoms with Crippen LogP contribution in [0.25, 0.3) is 16.8 Å². The predicted octanol–water partition coefficient (Wildman–Crippen LogP) is 7.50. The first-order chi connectivity index (χ1) is 19.0. The summed E-state index contributed by atoms with van der Waals surface area (Å²) in [5.41, 5.74) is 4.45. The number of carbonyl (C=O) groups excluding carboxylic acids is 1. The van der Waals surface area contributed by atoms with E-state index in [0.717, 1.165) is 46.0 Å². The second-order valence-electron chi connectivity index (χ2n) is 9.07. The number of carbonyl (C=O) groups is 1. The van der Waals surface area contributed by atoms with Gasteiger partial charge in [0, 0.05) is 41.0 Å². The lowest BCUT2D eigenvalue weighted by molar-refractivity contribution is 0.111. The average molecular weight is 567 g/mol. The van der Waals surface area contributed by atoms with Gasteiger partial charge in [-0.3, -0.25) is 14.5 Å². The molecular weight excluding hydrogens is 528 g/mol. The molecule has 4 aromatic rings. The van der Waals surface area contributed by atoms with Gasteiger partial charge in [0.1, 0.15) is 5.69 Å². The van der Waals surface area contributed by atoms with E-state index in [1.54, 1.807) is 16.3 Å². The molecule has 9 heteroatoms. The van der Waals surface area contributed by atoms with Gasteiger partial charge >= 0.3 is 0 Å². The zero-order valence-corrected chi connectivity index (χ0v) is 25.1. The molecule has 0 saturated carbocycles. The van der Waals surface area contributed by atoms with E-state index in [0.29, 0.717) is 11.7 Å². The van der Waals surface area contributed by atoms with Gasteiger partial charge in [0.2, 0.25) is 0 Å². The molecule has 0 spiro atoms. The molecule has 4 aromatic heterocycles. The molecule has 39 heavy (non-hydrogen) atoms. The molecule has 0 amide bonds. The fourth-order valence-electron chi connectivity index (χ4n) is 4.53. The van der Waals surface area contributed by atoms with Crippen molar-refractivity contribution in [3.63, 3.8) is 0 Å². The number of likely N-dealkylation sites (tertiary alicyclic amines) is 1. The standard InChI is InChI=1S/C14H15ClN2OS.C14H18N4.C2H6/c1-3-6-13(15)19-10(2)14-11(9-18)16-17-8-5-4-7-12(14)17;1-17-8-4-5-13(17)11-18-10-12(9-16-18)14-6-2-3-7-15-14;1-2/h4-10H,3H2,1-2H3;2-3,6-7,9-10,13H,4-5,8,11H2,1H3;1-2H3/b13-6-;;/t;13-;/m.0./s1. The Morgan fingerprint density at radius 3 is 2.69 bits per heavy atom. The summed E-state index contributed by atoms with van der Waals surface area (Å²) in [5.74, 6) is 0. The number of rotatable bonds is 8. The van der Waals surface area contributed by atoms with Crippen LogP contribution < -0.4 is 0 Å². The van der Waals surface area contributed by atoms with Gasteiger partial charge < -0.3 is 4.90 Å². The van der Waals surface area contributed by atoms with Crippen LogP contribution in [0.3, 0.4) is 0 Å². The molecule has 0 N–H and O–H groups in total. The topological polar surface area (TPSA) is 68.3 Å². The number of likely N-dealkylation sites (N-methyl/N-ethyl adjacent to an activating group) is 1. The zero-order valence-electron chi connectivity index (χ0n) is 23.5. The molecule has 208 valence electrons.